The molecule has 1 N–H and O–H groups in total. The maximum atomic E-state index is 8.77. The van der Waals surface area contributed by atoms with Gasteiger partial charge in [0.05, 0.1) is 0 Å². The Morgan fingerprint density at radius 3 is 2.24 bits per heavy atom. The van der Waals surface area contributed by atoms with Crippen molar-refractivity contribution in [2.75, 3.05) is 6.61 Å². The van der Waals surface area contributed by atoms with Crippen LogP contribution in [0, 0.1) is 0 Å². The fourth-order valence-corrected chi connectivity index (χ4v) is 1.93. The summed E-state index contributed by atoms with van der Waals surface area (Å²) in [7, 11) is 0. The molecule has 0 aliphatic rings. The third kappa shape index (κ3) is 4.05. The minimum absolute atomic E-state index is 0.127. The summed E-state index contributed by atoms with van der Waals surface area (Å²) in [5.41, 5.74) is 1.51. The van der Waals surface area contributed by atoms with Crippen LogP contribution in [0.25, 0.3) is 0 Å². The molecule has 0 spiro atoms. The lowest BCUT2D eigenvalue weighted by Crippen LogP contribution is -2.28. The Hall–Kier alpha value is 0.630. The van der Waals surface area contributed by atoms with E-state index in [0.717, 1.165) is 5.56 Å². The Morgan fingerprint density at radius 1 is 1.06 bits per heavy atom. The van der Waals surface area contributed by atoms with Gasteiger partial charge in [-0.3, -0.25) is 0 Å². The van der Waals surface area contributed by atoms with Crippen molar-refractivity contribution < 1.29 is 5.11 Å². The maximum Gasteiger partial charge on any atom is 0.227 e. The minimum Gasteiger partial charge on any atom is -0.396 e. The molecule has 0 radical (unpaired) electrons. The van der Waals surface area contributed by atoms with Gasteiger partial charge in [-0.2, -0.15) is 0 Å². The second kappa shape index (κ2) is 6.18. The number of rotatable bonds is 4. The van der Waals surface area contributed by atoms with Gasteiger partial charge in [0.2, 0.25) is 3.79 Å². The van der Waals surface area contributed by atoms with Gasteiger partial charge in [-0.25, -0.2) is 0 Å². The van der Waals surface area contributed by atoms with Gasteiger partial charge in [0.25, 0.3) is 0 Å². The van der Waals surface area contributed by atoms with Gasteiger partial charge in [-0.15, -0.1) is 0 Å². The maximum absolute atomic E-state index is 8.77. The van der Waals surface area contributed by atoms with E-state index in [0.29, 0.717) is 18.4 Å². The number of alkyl halides is 5. The molecule has 6 heteroatoms. The topological polar surface area (TPSA) is 20.2 Å². The highest BCUT2D eigenvalue weighted by atomic mass is 35.6. The molecule has 0 amide bonds. The van der Waals surface area contributed by atoms with Crippen LogP contribution < -0.4 is 0 Å². The minimum atomic E-state index is -1.81. The van der Waals surface area contributed by atoms with Crippen molar-refractivity contribution >= 4 is 58.0 Å². The summed E-state index contributed by atoms with van der Waals surface area (Å²) in [5.74, 6) is 0. The molecular formula is C11H11Cl5O. The highest BCUT2D eigenvalue weighted by molar-refractivity contribution is 6.75. The third-order valence-electron chi connectivity index (χ3n) is 2.27. The number of benzene rings is 1. The summed E-state index contributed by atoms with van der Waals surface area (Å²) in [5, 5.41) is 8.77. The van der Waals surface area contributed by atoms with E-state index in [1.165, 1.54) is 0 Å². The van der Waals surface area contributed by atoms with Crippen molar-refractivity contribution in [3.05, 3.63) is 35.4 Å². The van der Waals surface area contributed by atoms with Crippen LogP contribution in [0.2, 0.25) is 0 Å². The van der Waals surface area contributed by atoms with E-state index >= 15 is 0 Å². The van der Waals surface area contributed by atoms with Crippen LogP contribution >= 0.6 is 58.0 Å². The van der Waals surface area contributed by atoms with Crippen LogP contribution in [0.3, 0.4) is 0 Å². The van der Waals surface area contributed by atoms with Crippen molar-refractivity contribution in [2.45, 2.75) is 21.0 Å². The molecule has 0 fully saturated rings. The van der Waals surface area contributed by atoms with E-state index in [1.807, 2.05) is 6.07 Å². The quantitative estimate of drug-likeness (QED) is 0.796. The fourth-order valence-electron chi connectivity index (χ4n) is 1.37. The predicted molar refractivity (Wildman–Crippen MR) is 75.5 cm³/mol. The molecule has 0 unspecified atom stereocenters. The molecule has 17 heavy (non-hydrogen) atoms. The van der Waals surface area contributed by atoms with E-state index in [1.54, 1.807) is 18.2 Å². The van der Waals surface area contributed by atoms with E-state index in [2.05, 4.69) is 0 Å². The van der Waals surface area contributed by atoms with E-state index in [9.17, 15) is 0 Å². The molecule has 1 aromatic carbocycles. The van der Waals surface area contributed by atoms with Crippen LogP contribution in [0.4, 0.5) is 0 Å². The zero-order chi connectivity index (χ0) is 13.1. The van der Waals surface area contributed by atoms with Crippen molar-refractivity contribution in [1.29, 1.82) is 0 Å². The molecule has 1 nitrogen and oxygen atoms in total. The lowest BCUT2D eigenvalue weighted by Gasteiger charge is -2.28. The largest absolute Gasteiger partial charge is 0.396 e. The number of aliphatic hydroxyl groups excluding tert-OH is 1. The Bertz CT molecular complexity index is 372. The molecular weight excluding hydrogens is 325 g/mol. The van der Waals surface area contributed by atoms with E-state index in [-0.39, 0.29) is 6.61 Å². The molecule has 1 rings (SSSR count). The van der Waals surface area contributed by atoms with Crippen LogP contribution in [0.1, 0.15) is 17.5 Å². The second-order valence-corrected chi connectivity index (χ2v) is 7.21. The summed E-state index contributed by atoms with van der Waals surface area (Å²) in [6.07, 6.45) is 1.38. The fraction of sp³-hybridized carbons (Fsp3) is 0.455. The van der Waals surface area contributed by atoms with Gasteiger partial charge in [-0.05, 0) is 24.0 Å². The molecule has 0 heterocycles. The average molecular weight is 336 g/mol. The van der Waals surface area contributed by atoms with Crippen LogP contribution in [0.5, 0.6) is 0 Å². The molecule has 0 aliphatic heterocycles. The molecule has 0 aromatic heterocycles. The average Bonchev–Trinajstić information content (AvgIpc) is 2.25. The highest BCUT2D eigenvalue weighted by Crippen LogP contribution is 2.52. The number of aliphatic hydroxyl groups is 1. The molecule has 1 aromatic rings. The summed E-state index contributed by atoms with van der Waals surface area (Å²) < 4.78 is -3.42. The van der Waals surface area contributed by atoms with Gasteiger partial charge >= 0.3 is 0 Å². The van der Waals surface area contributed by atoms with Crippen molar-refractivity contribution in [3.63, 3.8) is 0 Å². The molecule has 0 aliphatic carbocycles. The predicted octanol–water partition coefficient (Wildman–Crippen LogP) is 4.61. The summed E-state index contributed by atoms with van der Waals surface area (Å²) in [6, 6.07) is 7.17. The molecule has 0 atom stereocenters. The summed E-state index contributed by atoms with van der Waals surface area (Å²) in [6.45, 7) is 0.127. The van der Waals surface area contributed by atoms with Crippen LogP contribution in [0.15, 0.2) is 24.3 Å². The first kappa shape index (κ1) is 15.7. The Morgan fingerprint density at radius 2 is 1.71 bits per heavy atom. The van der Waals surface area contributed by atoms with Gasteiger partial charge in [0, 0.05) is 6.61 Å². The standard InChI is InChI=1S/C11H11Cl5O/c12-10(13,11(14,15)16)9-5-1-3-8(7-9)4-2-6-17/h1,3,5,7,17H,2,4,6H2. The Labute approximate surface area is 126 Å². The first-order chi connectivity index (χ1) is 7.79. The summed E-state index contributed by atoms with van der Waals surface area (Å²) in [4.78, 5) is 0. The SMILES string of the molecule is OCCCc1cccc(C(Cl)(Cl)C(Cl)(Cl)Cl)c1. The highest BCUT2D eigenvalue weighted by Gasteiger charge is 2.47. The monoisotopic (exact) mass is 334 g/mol. The number of aryl methyl sites for hydroxylation is 1. The normalized spacial score (nSPS) is 12.8. The van der Waals surface area contributed by atoms with Crippen molar-refractivity contribution in [2.24, 2.45) is 0 Å². The number of halogens is 5. The van der Waals surface area contributed by atoms with Crippen molar-refractivity contribution in [1.82, 2.24) is 0 Å². The zero-order valence-electron chi connectivity index (χ0n) is 8.77. The molecule has 0 saturated carbocycles. The molecule has 96 valence electrons. The zero-order valence-corrected chi connectivity index (χ0v) is 12.5. The first-order valence-electron chi connectivity index (χ1n) is 4.94. The van der Waals surface area contributed by atoms with Crippen molar-refractivity contribution in [3.8, 4) is 0 Å². The molecule has 0 bridgehead atoms. The van der Waals surface area contributed by atoms with Gasteiger partial charge in [0.1, 0.15) is 0 Å². The Balaban J connectivity index is 2.99. The third-order valence-corrected chi connectivity index (χ3v) is 4.70. The molecule has 0 saturated heterocycles. The number of hydrogen-bond donors (Lipinski definition) is 1. The first-order valence-corrected chi connectivity index (χ1v) is 6.83. The summed E-state index contributed by atoms with van der Waals surface area (Å²) >= 11 is 29.4. The van der Waals surface area contributed by atoms with Crippen LogP contribution in [-0.4, -0.2) is 15.5 Å². The Kier molecular flexibility index (Phi) is 5.71. The van der Waals surface area contributed by atoms with Crippen LogP contribution in [-0.2, 0) is 10.8 Å². The lowest BCUT2D eigenvalue weighted by molar-refractivity contribution is 0.288. The number of hydrogen-bond acceptors (Lipinski definition) is 1. The van der Waals surface area contributed by atoms with E-state index in [4.69, 9.17) is 63.1 Å². The second-order valence-electron chi connectivity index (χ2n) is 3.60. The van der Waals surface area contributed by atoms with Gasteiger partial charge in [0.15, 0.2) is 4.33 Å². The lowest BCUT2D eigenvalue weighted by atomic mass is 10.0. The smallest absolute Gasteiger partial charge is 0.227 e. The van der Waals surface area contributed by atoms with Gasteiger partial charge < -0.3 is 5.11 Å². The van der Waals surface area contributed by atoms with E-state index < -0.39 is 8.13 Å². The van der Waals surface area contributed by atoms with Gasteiger partial charge in [-0.1, -0.05) is 82.3 Å².